The number of aromatic nitrogens is 4. The Hall–Kier alpha value is -3.83. The predicted octanol–water partition coefficient (Wildman–Crippen LogP) is 4.99. The van der Waals surface area contributed by atoms with E-state index in [1.807, 2.05) is 66.6 Å². The van der Waals surface area contributed by atoms with Crippen molar-refractivity contribution in [2.45, 2.75) is 58.2 Å². The van der Waals surface area contributed by atoms with Crippen molar-refractivity contribution in [2.75, 3.05) is 38.7 Å². The first-order valence-corrected chi connectivity index (χ1v) is 16.9. The van der Waals surface area contributed by atoms with Crippen LogP contribution in [0.4, 0.5) is 5.69 Å². The fourth-order valence-corrected chi connectivity index (χ4v) is 7.73. The number of hydrogen-bond donors (Lipinski definition) is 1. The van der Waals surface area contributed by atoms with Gasteiger partial charge in [-0.1, -0.05) is 41.9 Å². The number of amides is 1. The van der Waals surface area contributed by atoms with Crippen LogP contribution in [0.1, 0.15) is 68.0 Å². The summed E-state index contributed by atoms with van der Waals surface area (Å²) >= 11 is 7.01. The molecule has 5 heterocycles. The number of likely N-dealkylation sites (N-methyl/N-ethyl adjacent to an activating group) is 1. The lowest BCUT2D eigenvalue weighted by Gasteiger charge is -2.36. The zero-order valence-corrected chi connectivity index (χ0v) is 28.4. The Morgan fingerprint density at radius 2 is 1.55 bits per heavy atom. The average Bonchev–Trinajstić information content (AvgIpc) is 3.59. The Bertz CT molecular complexity index is 1860. The summed E-state index contributed by atoms with van der Waals surface area (Å²) in [6, 6.07) is 12.1. The molecule has 0 saturated carbocycles. The molecule has 1 saturated heterocycles. The Morgan fingerprint density at radius 1 is 0.894 bits per heavy atom. The summed E-state index contributed by atoms with van der Waals surface area (Å²) in [5.74, 6) is 0.582. The van der Waals surface area contributed by atoms with Crippen LogP contribution in [0.25, 0.3) is 11.1 Å². The first kappa shape index (κ1) is 31.8. The molecule has 0 spiro atoms. The Morgan fingerprint density at radius 3 is 2.34 bits per heavy atom. The molecular weight excluding hydrogens is 614 g/mol. The lowest BCUT2D eigenvalue weighted by Crippen LogP contribution is -2.42. The van der Waals surface area contributed by atoms with Gasteiger partial charge >= 0.3 is 0 Å². The summed E-state index contributed by atoms with van der Waals surface area (Å²) in [7, 11) is 5.92. The highest BCUT2D eigenvalue weighted by Gasteiger charge is 2.30. The Kier molecular flexibility index (Phi) is 8.78. The van der Waals surface area contributed by atoms with E-state index in [9.17, 15) is 9.59 Å². The fraction of sp³-hybridized carbons (Fsp3) is 0.444. The normalized spacial score (nSPS) is 17.4. The summed E-state index contributed by atoms with van der Waals surface area (Å²) in [5.41, 5.74) is 8.24. The number of Topliss-reactive ketones (excluding diaryl/α,β-unsaturated/α-hetero) is 1. The predicted molar refractivity (Wildman–Crippen MR) is 182 cm³/mol. The van der Waals surface area contributed by atoms with Gasteiger partial charge in [-0.15, -0.1) is 0 Å². The highest BCUT2D eigenvalue weighted by atomic mass is 35.5. The number of rotatable bonds is 7. The van der Waals surface area contributed by atoms with Gasteiger partial charge in [0.1, 0.15) is 0 Å². The second kappa shape index (κ2) is 13.0. The van der Waals surface area contributed by atoms with Gasteiger partial charge in [-0.05, 0) is 49.6 Å². The highest BCUT2D eigenvalue weighted by molar-refractivity contribution is 6.34. The highest BCUT2D eigenvalue weighted by Crippen LogP contribution is 2.36. The number of nitrogens with zero attached hydrogens (tertiary/aromatic N) is 6. The first-order chi connectivity index (χ1) is 22.7. The molecule has 0 bridgehead atoms. The van der Waals surface area contributed by atoms with Crippen molar-refractivity contribution in [3.05, 3.63) is 87.0 Å². The van der Waals surface area contributed by atoms with E-state index in [0.717, 1.165) is 110 Å². The van der Waals surface area contributed by atoms with Crippen molar-refractivity contribution in [3.8, 4) is 11.1 Å². The van der Waals surface area contributed by atoms with Crippen LogP contribution in [0, 0.1) is 6.92 Å². The molecule has 4 aromatic rings. The molecule has 11 heteroatoms. The van der Waals surface area contributed by atoms with E-state index >= 15 is 0 Å². The standard InChI is InChI=1S/C36H42ClN7O3/c1-22-25(26-9-5-7-23(33(26)37)19-32(45)34-38-28-20-41(2)15-11-30(28)42(34)3)8-6-10-27(22)40-36(46)35-39-29-21-44(16-12-31(29)43(35)4)24-13-17-47-18-14-24/h5-10,24H,11-21H2,1-4H3,(H,40,46). The lowest BCUT2D eigenvalue weighted by atomic mass is 9.96. The summed E-state index contributed by atoms with van der Waals surface area (Å²) in [6.07, 6.45) is 3.98. The second-order valence-corrected chi connectivity index (χ2v) is 13.5. The number of fused-ring (bicyclic) bond motifs is 2. The molecule has 3 aliphatic rings. The van der Waals surface area contributed by atoms with E-state index in [0.29, 0.717) is 28.4 Å². The van der Waals surface area contributed by atoms with Crippen molar-refractivity contribution in [1.29, 1.82) is 0 Å². The van der Waals surface area contributed by atoms with Crippen LogP contribution in [0.5, 0.6) is 0 Å². The number of hydrogen-bond acceptors (Lipinski definition) is 7. The van der Waals surface area contributed by atoms with E-state index in [1.54, 1.807) is 0 Å². The average molecular weight is 656 g/mol. The summed E-state index contributed by atoms with van der Waals surface area (Å²) in [4.78, 5) is 41.4. The molecule has 7 rings (SSSR count). The Balaban J connectivity index is 1.09. The van der Waals surface area contributed by atoms with E-state index in [4.69, 9.17) is 26.3 Å². The Labute approximate surface area is 280 Å². The monoisotopic (exact) mass is 655 g/mol. The van der Waals surface area contributed by atoms with Crippen molar-refractivity contribution in [1.82, 2.24) is 28.9 Å². The molecule has 47 heavy (non-hydrogen) atoms. The molecule has 1 amide bonds. The third kappa shape index (κ3) is 6.04. The second-order valence-electron chi connectivity index (χ2n) is 13.1. The smallest absolute Gasteiger partial charge is 0.291 e. The molecule has 1 N–H and O–H groups in total. The van der Waals surface area contributed by atoms with Gasteiger partial charge in [-0.25, -0.2) is 9.97 Å². The first-order valence-electron chi connectivity index (χ1n) is 16.5. The number of carbonyl (C=O) groups excluding carboxylic acids is 2. The maximum Gasteiger partial charge on any atom is 0.291 e. The fourth-order valence-electron chi connectivity index (χ4n) is 7.44. The van der Waals surface area contributed by atoms with Crippen molar-refractivity contribution in [3.63, 3.8) is 0 Å². The zero-order chi connectivity index (χ0) is 32.8. The number of ether oxygens (including phenoxy) is 1. The van der Waals surface area contributed by atoms with Gasteiger partial charge in [0.15, 0.2) is 11.6 Å². The molecule has 0 atom stereocenters. The minimum atomic E-state index is -0.242. The van der Waals surface area contributed by atoms with Gasteiger partial charge in [-0.2, -0.15) is 0 Å². The van der Waals surface area contributed by atoms with E-state index < -0.39 is 0 Å². The molecule has 0 radical (unpaired) electrons. The molecule has 246 valence electrons. The van der Waals surface area contributed by atoms with Crippen LogP contribution in [0.15, 0.2) is 36.4 Å². The van der Waals surface area contributed by atoms with E-state index in [-0.39, 0.29) is 18.1 Å². The maximum atomic E-state index is 13.6. The zero-order valence-electron chi connectivity index (χ0n) is 27.6. The van der Waals surface area contributed by atoms with Crippen LogP contribution in [-0.4, -0.2) is 80.0 Å². The topological polar surface area (TPSA) is 97.5 Å². The molecule has 1 fully saturated rings. The SMILES string of the molecule is Cc1c(NC(=O)c2nc3c(n2C)CCN(C2CCOCC2)C3)cccc1-c1cccc(CC(=O)c2nc3c(n2C)CCN(C)C3)c1Cl. The van der Waals surface area contributed by atoms with Crippen LogP contribution in [0.2, 0.25) is 5.02 Å². The maximum absolute atomic E-state index is 13.6. The van der Waals surface area contributed by atoms with Crippen LogP contribution < -0.4 is 5.32 Å². The number of carbonyl (C=O) groups is 2. The lowest BCUT2D eigenvalue weighted by molar-refractivity contribution is 0.0283. The summed E-state index contributed by atoms with van der Waals surface area (Å²) in [5, 5.41) is 3.64. The van der Waals surface area contributed by atoms with Crippen molar-refractivity contribution in [2.24, 2.45) is 14.1 Å². The number of imidazole rings is 2. The van der Waals surface area contributed by atoms with Crippen molar-refractivity contribution >= 4 is 29.0 Å². The third-order valence-electron chi connectivity index (χ3n) is 10.2. The number of benzene rings is 2. The molecule has 10 nitrogen and oxygen atoms in total. The number of nitrogens with one attached hydrogen (secondary N) is 1. The van der Waals surface area contributed by atoms with Crippen LogP contribution in [-0.2, 0) is 51.2 Å². The largest absolute Gasteiger partial charge is 0.381 e. The summed E-state index contributed by atoms with van der Waals surface area (Å²) in [6.45, 7) is 7.01. The quantitative estimate of drug-likeness (QED) is 0.281. The molecule has 0 unspecified atom stereocenters. The number of halogens is 1. The molecule has 2 aromatic carbocycles. The molecule has 3 aliphatic heterocycles. The molecule has 0 aliphatic carbocycles. The molecule has 2 aromatic heterocycles. The van der Waals surface area contributed by atoms with Gasteiger partial charge in [-0.3, -0.25) is 14.5 Å². The molecular formula is C36H42ClN7O3. The van der Waals surface area contributed by atoms with Gasteiger partial charge in [0.05, 0.1) is 16.4 Å². The summed E-state index contributed by atoms with van der Waals surface area (Å²) < 4.78 is 9.44. The third-order valence-corrected chi connectivity index (χ3v) is 10.6. The van der Waals surface area contributed by atoms with Crippen LogP contribution >= 0.6 is 11.6 Å². The van der Waals surface area contributed by atoms with E-state index in [2.05, 4.69) is 22.2 Å². The minimum absolute atomic E-state index is 0.0602. The number of ketones is 1. The van der Waals surface area contributed by atoms with Gasteiger partial charge in [0.25, 0.3) is 5.91 Å². The van der Waals surface area contributed by atoms with Gasteiger partial charge in [0.2, 0.25) is 5.78 Å². The van der Waals surface area contributed by atoms with E-state index in [1.165, 1.54) is 0 Å². The van der Waals surface area contributed by atoms with Crippen LogP contribution in [0.3, 0.4) is 0 Å². The van der Waals surface area contributed by atoms with Gasteiger partial charge in [0, 0.05) is 101 Å². The number of anilines is 1. The van der Waals surface area contributed by atoms with Gasteiger partial charge < -0.3 is 24.1 Å². The minimum Gasteiger partial charge on any atom is -0.381 e. The van der Waals surface area contributed by atoms with Crippen molar-refractivity contribution < 1.29 is 14.3 Å².